The van der Waals surface area contributed by atoms with Crippen molar-refractivity contribution in [2.75, 3.05) is 26.3 Å². The van der Waals surface area contributed by atoms with Gasteiger partial charge in [0.15, 0.2) is 0 Å². The number of piperidine rings is 1. The number of carbonyl (C=O) groups excluding carboxylic acids is 1. The number of nitrogens with one attached hydrogen (secondary N) is 1. The van der Waals surface area contributed by atoms with Gasteiger partial charge in [0.05, 0.1) is 6.61 Å². The molecular formula is C14H28N2O2. The van der Waals surface area contributed by atoms with Crippen LogP contribution in [0.15, 0.2) is 0 Å². The van der Waals surface area contributed by atoms with Gasteiger partial charge in [-0.1, -0.05) is 13.8 Å². The molecule has 0 saturated carbocycles. The molecule has 0 aromatic carbocycles. The quantitative estimate of drug-likeness (QED) is 0.785. The number of hydrogen-bond acceptors (Lipinski definition) is 3. The van der Waals surface area contributed by atoms with Crippen molar-refractivity contribution < 1.29 is 9.53 Å². The summed E-state index contributed by atoms with van der Waals surface area (Å²) < 4.78 is 5.40. The van der Waals surface area contributed by atoms with Gasteiger partial charge in [-0.05, 0) is 26.7 Å². The Kier molecular flexibility index (Phi) is 6.65. The highest BCUT2D eigenvalue weighted by atomic mass is 16.5. The number of amides is 1. The Labute approximate surface area is 111 Å². The van der Waals surface area contributed by atoms with Crippen LogP contribution in [-0.2, 0) is 9.53 Å². The number of ether oxygens (including phenoxy) is 1. The molecule has 106 valence electrons. The summed E-state index contributed by atoms with van der Waals surface area (Å²) >= 11 is 0. The van der Waals surface area contributed by atoms with Crippen molar-refractivity contribution in [2.24, 2.45) is 5.92 Å². The molecule has 1 atom stereocenters. The Balaban J connectivity index is 2.25. The Bertz CT molecular complexity index is 248. The SMILES string of the molecule is CCOCC(C)NC1CCN(C(=O)C(C)C)CC1. The summed E-state index contributed by atoms with van der Waals surface area (Å²) in [6.07, 6.45) is 2.10. The Morgan fingerprint density at radius 3 is 2.44 bits per heavy atom. The number of nitrogens with zero attached hydrogens (tertiary/aromatic N) is 1. The van der Waals surface area contributed by atoms with Crippen LogP contribution in [0.4, 0.5) is 0 Å². The van der Waals surface area contributed by atoms with E-state index in [0.717, 1.165) is 39.1 Å². The van der Waals surface area contributed by atoms with E-state index in [0.29, 0.717) is 12.1 Å². The first-order chi connectivity index (χ1) is 8.54. The molecule has 1 aliphatic rings. The summed E-state index contributed by atoms with van der Waals surface area (Å²) in [5, 5.41) is 3.58. The summed E-state index contributed by atoms with van der Waals surface area (Å²) in [4.78, 5) is 13.8. The molecule has 0 aliphatic carbocycles. The minimum Gasteiger partial charge on any atom is -0.380 e. The van der Waals surface area contributed by atoms with Crippen molar-refractivity contribution in [1.82, 2.24) is 10.2 Å². The predicted octanol–water partition coefficient (Wildman–Crippen LogP) is 1.65. The topological polar surface area (TPSA) is 41.6 Å². The van der Waals surface area contributed by atoms with Gasteiger partial charge in [-0.3, -0.25) is 4.79 Å². The largest absolute Gasteiger partial charge is 0.380 e. The summed E-state index contributed by atoms with van der Waals surface area (Å²) in [5.74, 6) is 0.405. The van der Waals surface area contributed by atoms with Crippen LogP contribution in [0.5, 0.6) is 0 Å². The predicted molar refractivity (Wildman–Crippen MR) is 73.5 cm³/mol. The lowest BCUT2D eigenvalue weighted by molar-refractivity contribution is -0.135. The van der Waals surface area contributed by atoms with Crippen LogP contribution in [0.2, 0.25) is 0 Å². The van der Waals surface area contributed by atoms with Crippen LogP contribution in [-0.4, -0.2) is 49.2 Å². The van der Waals surface area contributed by atoms with Gasteiger partial charge in [0.25, 0.3) is 0 Å². The van der Waals surface area contributed by atoms with Gasteiger partial charge in [0.2, 0.25) is 5.91 Å². The van der Waals surface area contributed by atoms with Gasteiger partial charge in [-0.25, -0.2) is 0 Å². The van der Waals surface area contributed by atoms with E-state index in [1.165, 1.54) is 0 Å². The zero-order valence-electron chi connectivity index (χ0n) is 12.2. The molecule has 0 spiro atoms. The van der Waals surface area contributed by atoms with E-state index in [9.17, 15) is 4.79 Å². The van der Waals surface area contributed by atoms with Gasteiger partial charge in [0.1, 0.15) is 0 Å². The monoisotopic (exact) mass is 256 g/mol. The molecule has 1 amide bonds. The van der Waals surface area contributed by atoms with Gasteiger partial charge in [0, 0.05) is 37.7 Å². The van der Waals surface area contributed by atoms with Crippen molar-refractivity contribution in [1.29, 1.82) is 0 Å². The van der Waals surface area contributed by atoms with Crippen LogP contribution < -0.4 is 5.32 Å². The Hall–Kier alpha value is -0.610. The van der Waals surface area contributed by atoms with Crippen molar-refractivity contribution in [3.8, 4) is 0 Å². The molecule has 4 nitrogen and oxygen atoms in total. The van der Waals surface area contributed by atoms with E-state index in [-0.39, 0.29) is 11.8 Å². The van der Waals surface area contributed by atoms with Crippen LogP contribution in [0.1, 0.15) is 40.5 Å². The maximum absolute atomic E-state index is 11.9. The molecule has 0 bridgehead atoms. The van der Waals surface area contributed by atoms with Crippen molar-refractivity contribution in [2.45, 2.75) is 52.6 Å². The first kappa shape index (κ1) is 15.4. The highest BCUT2D eigenvalue weighted by molar-refractivity contribution is 5.78. The summed E-state index contributed by atoms with van der Waals surface area (Å²) in [6.45, 7) is 11.4. The molecule has 1 saturated heterocycles. The zero-order valence-corrected chi connectivity index (χ0v) is 12.2. The van der Waals surface area contributed by atoms with E-state index in [1.807, 2.05) is 25.7 Å². The standard InChI is InChI=1S/C14H28N2O2/c1-5-18-10-12(4)15-13-6-8-16(9-7-13)14(17)11(2)3/h11-13,15H,5-10H2,1-4H3. The molecule has 1 unspecified atom stereocenters. The summed E-state index contributed by atoms with van der Waals surface area (Å²) in [7, 11) is 0. The molecule has 1 N–H and O–H groups in total. The van der Waals surface area contributed by atoms with Gasteiger partial charge < -0.3 is 15.0 Å². The first-order valence-electron chi connectivity index (χ1n) is 7.17. The fraction of sp³-hybridized carbons (Fsp3) is 0.929. The molecule has 1 fully saturated rings. The van der Waals surface area contributed by atoms with Gasteiger partial charge in [-0.2, -0.15) is 0 Å². The molecule has 1 heterocycles. The number of carbonyl (C=O) groups is 1. The van der Waals surface area contributed by atoms with Crippen LogP contribution in [0.25, 0.3) is 0 Å². The molecule has 1 aliphatic heterocycles. The molecule has 0 aromatic heterocycles. The molecular weight excluding hydrogens is 228 g/mol. The van der Waals surface area contributed by atoms with E-state index in [1.54, 1.807) is 0 Å². The lowest BCUT2D eigenvalue weighted by Crippen LogP contribution is -2.48. The van der Waals surface area contributed by atoms with Gasteiger partial charge >= 0.3 is 0 Å². The highest BCUT2D eigenvalue weighted by Crippen LogP contribution is 2.13. The van der Waals surface area contributed by atoms with Crippen molar-refractivity contribution in [3.63, 3.8) is 0 Å². The van der Waals surface area contributed by atoms with Crippen LogP contribution >= 0.6 is 0 Å². The third-order valence-electron chi connectivity index (χ3n) is 3.39. The second-order valence-electron chi connectivity index (χ2n) is 5.48. The minimum absolute atomic E-state index is 0.117. The fourth-order valence-electron chi connectivity index (χ4n) is 2.38. The second kappa shape index (κ2) is 7.74. The average Bonchev–Trinajstić information content (AvgIpc) is 2.36. The highest BCUT2D eigenvalue weighted by Gasteiger charge is 2.24. The van der Waals surface area contributed by atoms with Crippen LogP contribution in [0.3, 0.4) is 0 Å². The number of likely N-dealkylation sites (tertiary alicyclic amines) is 1. The third-order valence-corrected chi connectivity index (χ3v) is 3.39. The summed E-state index contributed by atoms with van der Waals surface area (Å²) in [5.41, 5.74) is 0. The normalized spacial score (nSPS) is 19.3. The minimum atomic E-state index is 0.117. The molecule has 4 heteroatoms. The maximum atomic E-state index is 11.9. The van der Waals surface area contributed by atoms with Crippen molar-refractivity contribution >= 4 is 5.91 Å². The lowest BCUT2D eigenvalue weighted by atomic mass is 10.0. The lowest BCUT2D eigenvalue weighted by Gasteiger charge is -2.34. The smallest absolute Gasteiger partial charge is 0.225 e. The maximum Gasteiger partial charge on any atom is 0.225 e. The third kappa shape index (κ3) is 4.94. The number of hydrogen-bond donors (Lipinski definition) is 1. The molecule has 18 heavy (non-hydrogen) atoms. The van der Waals surface area contributed by atoms with Gasteiger partial charge in [-0.15, -0.1) is 0 Å². The number of rotatable bonds is 6. The van der Waals surface area contributed by atoms with E-state index >= 15 is 0 Å². The zero-order chi connectivity index (χ0) is 13.5. The first-order valence-corrected chi connectivity index (χ1v) is 7.17. The Morgan fingerprint density at radius 2 is 1.94 bits per heavy atom. The molecule has 1 rings (SSSR count). The van der Waals surface area contributed by atoms with Crippen LogP contribution in [0, 0.1) is 5.92 Å². The van der Waals surface area contributed by atoms with E-state index in [4.69, 9.17) is 4.74 Å². The molecule has 0 radical (unpaired) electrons. The Morgan fingerprint density at radius 1 is 1.33 bits per heavy atom. The molecule has 0 aromatic rings. The second-order valence-corrected chi connectivity index (χ2v) is 5.48. The fourth-order valence-corrected chi connectivity index (χ4v) is 2.38. The average molecular weight is 256 g/mol. The van der Waals surface area contributed by atoms with E-state index in [2.05, 4.69) is 12.2 Å². The van der Waals surface area contributed by atoms with Crippen molar-refractivity contribution in [3.05, 3.63) is 0 Å². The summed E-state index contributed by atoms with van der Waals surface area (Å²) in [6, 6.07) is 0.916. The van der Waals surface area contributed by atoms with E-state index < -0.39 is 0 Å².